The van der Waals surface area contributed by atoms with Crippen LogP contribution in [0, 0.1) is 0 Å². The molecule has 0 spiro atoms. The molecule has 0 radical (unpaired) electrons. The standard InChI is InChI=1S/CH2O3.Al.Li.Ti.4H/c2-1(3)4;;;;;;;/h(H2,2,3,4);;;;;;;. The molecule has 0 unspecified atom stereocenters. The molecule has 3 nitrogen and oxygen atoms in total. The van der Waals surface area contributed by atoms with E-state index in [0.29, 0.717) is 0 Å². The van der Waals surface area contributed by atoms with Crippen molar-refractivity contribution in [3.63, 3.8) is 0 Å². The molecule has 0 bridgehead atoms. The smallest absolute Gasteiger partial charge is 0 e. The fourth-order valence-electron chi connectivity index (χ4n) is 0. The van der Waals surface area contributed by atoms with Crippen molar-refractivity contribution in [1.29, 1.82) is 0 Å². The van der Waals surface area contributed by atoms with Crippen LogP contribution in [0.5, 0.6) is 0 Å². The summed E-state index contributed by atoms with van der Waals surface area (Å²) < 4.78 is 0. The van der Waals surface area contributed by atoms with Crippen molar-refractivity contribution in [2.75, 3.05) is 0 Å². The molecule has 36 valence electrons. The first-order valence-electron chi connectivity index (χ1n) is 0.651. The first kappa shape index (κ1) is 24.3. The zero-order chi connectivity index (χ0) is 3.58. The van der Waals surface area contributed by atoms with Gasteiger partial charge in [-0.25, -0.2) is 4.79 Å². The summed E-state index contributed by atoms with van der Waals surface area (Å²) in [7, 11) is 0. The number of carbonyl (C=O) groups is 1. The third-order valence-electron chi connectivity index (χ3n) is 0. The largest absolute Gasteiger partial charge is 0 e. The first-order valence-corrected chi connectivity index (χ1v) is 0.651. The molecule has 2 N–H and O–H groups in total. The zero-order valence-corrected chi connectivity index (χ0v) is 3.86. The van der Waals surface area contributed by atoms with Gasteiger partial charge < -0.3 is 10.2 Å². The Labute approximate surface area is 78.7 Å². The van der Waals surface area contributed by atoms with Crippen LogP contribution < -0.4 is 0 Å². The molecule has 6 heteroatoms. The molecule has 0 amide bonds. The maximum absolute atomic E-state index is 8.56. The minimum atomic E-state index is -1.83. The molecule has 0 aliphatic carbocycles. The molecule has 0 aliphatic rings. The van der Waals surface area contributed by atoms with E-state index >= 15 is 0 Å². The summed E-state index contributed by atoms with van der Waals surface area (Å²) >= 11 is 0. The van der Waals surface area contributed by atoms with E-state index in [2.05, 4.69) is 0 Å². The predicted molar refractivity (Wildman–Crippen MR) is 27.7 cm³/mol. The Hall–Kier alpha value is 1.11. The molecule has 0 saturated heterocycles. The van der Waals surface area contributed by atoms with Crippen LogP contribution in [0.3, 0.4) is 0 Å². The van der Waals surface area contributed by atoms with E-state index in [4.69, 9.17) is 15.0 Å². The molecule has 0 heterocycles. The average molecular weight is 148 g/mol. The fraction of sp³-hybridized carbons (Fsp3) is 0. The van der Waals surface area contributed by atoms with Crippen LogP contribution >= 0.6 is 0 Å². The molecule has 0 aromatic heterocycles. The van der Waals surface area contributed by atoms with Crippen LogP contribution in [0.2, 0.25) is 0 Å². The quantitative estimate of drug-likeness (QED) is 0.406. The van der Waals surface area contributed by atoms with Gasteiger partial charge in [0.05, 0.1) is 0 Å². The van der Waals surface area contributed by atoms with Gasteiger partial charge in [0.15, 0.2) is 17.4 Å². The number of hydrogen-bond donors (Lipinski definition) is 2. The third-order valence-corrected chi connectivity index (χ3v) is 0. The van der Waals surface area contributed by atoms with Crippen molar-refractivity contribution in [3.05, 3.63) is 0 Å². The van der Waals surface area contributed by atoms with Gasteiger partial charge in [-0.3, -0.25) is 0 Å². The van der Waals surface area contributed by atoms with Crippen LogP contribution in [0.25, 0.3) is 0 Å². The van der Waals surface area contributed by atoms with Crippen molar-refractivity contribution in [2.24, 2.45) is 0 Å². The minimum absolute atomic E-state index is 0. The van der Waals surface area contributed by atoms with Gasteiger partial charge in [-0.15, -0.1) is 0 Å². The Balaban J connectivity index is -0.0000000150. The summed E-state index contributed by atoms with van der Waals surface area (Å²) in [4.78, 5) is 8.56. The van der Waals surface area contributed by atoms with Crippen LogP contribution in [0.15, 0.2) is 0 Å². The summed E-state index contributed by atoms with van der Waals surface area (Å²) in [5, 5.41) is 13.9. The van der Waals surface area contributed by atoms with E-state index < -0.39 is 6.16 Å². The second kappa shape index (κ2) is 15.7. The Morgan fingerprint density at radius 2 is 1.29 bits per heavy atom. The maximum Gasteiger partial charge on any atom is 0 e. The molecule has 0 atom stereocenters. The SMILES string of the molecule is O=C(O)O.[AlH3].[LiH].[Ti]. The molecule has 0 saturated carbocycles. The topological polar surface area (TPSA) is 57.5 Å². The summed E-state index contributed by atoms with van der Waals surface area (Å²) in [6.07, 6.45) is -1.83. The first-order chi connectivity index (χ1) is 1.73. The van der Waals surface area contributed by atoms with Crippen molar-refractivity contribution in [3.8, 4) is 0 Å². The summed E-state index contributed by atoms with van der Waals surface area (Å²) in [6, 6.07) is 0. The minimum Gasteiger partial charge on any atom is 0 e. The van der Waals surface area contributed by atoms with Gasteiger partial charge >= 0.3 is 25.0 Å². The fourth-order valence-corrected chi connectivity index (χ4v) is 0. The second-order valence-corrected chi connectivity index (χ2v) is 0.283. The third kappa shape index (κ3) is 150. The van der Waals surface area contributed by atoms with E-state index in [1.807, 2.05) is 0 Å². The molecule has 0 aromatic carbocycles. The van der Waals surface area contributed by atoms with E-state index in [0.717, 1.165) is 0 Å². The summed E-state index contributed by atoms with van der Waals surface area (Å²) in [5.41, 5.74) is 0. The van der Waals surface area contributed by atoms with Gasteiger partial charge in [0.25, 0.3) is 0 Å². The maximum atomic E-state index is 8.56. The van der Waals surface area contributed by atoms with Crippen molar-refractivity contribution in [2.45, 2.75) is 0 Å². The summed E-state index contributed by atoms with van der Waals surface area (Å²) in [6.45, 7) is 0. The van der Waals surface area contributed by atoms with Gasteiger partial charge in [0.1, 0.15) is 0 Å². The van der Waals surface area contributed by atoms with E-state index in [1.165, 1.54) is 0 Å². The van der Waals surface area contributed by atoms with E-state index in [-0.39, 0.29) is 57.9 Å². The van der Waals surface area contributed by atoms with E-state index in [9.17, 15) is 0 Å². The number of hydrogen-bond acceptors (Lipinski definition) is 1. The zero-order valence-electron chi connectivity index (χ0n) is 2.30. The van der Waals surface area contributed by atoms with Crippen LogP contribution in [-0.2, 0) is 21.7 Å². The predicted octanol–water partition coefficient (Wildman–Crippen LogP) is -1.61. The molecule has 0 fully saturated rings. The molecular weight excluding hydrogens is 142 g/mol. The Morgan fingerprint density at radius 1 is 1.29 bits per heavy atom. The number of carboxylic acid groups (broad SMARTS) is 2. The van der Waals surface area contributed by atoms with Gasteiger partial charge in [-0.2, -0.15) is 0 Å². The van der Waals surface area contributed by atoms with Crippen molar-refractivity contribution in [1.82, 2.24) is 0 Å². The van der Waals surface area contributed by atoms with Crippen molar-refractivity contribution >= 4 is 42.4 Å². The van der Waals surface area contributed by atoms with Crippen LogP contribution in [0.1, 0.15) is 0 Å². The van der Waals surface area contributed by atoms with Crippen LogP contribution in [-0.4, -0.2) is 52.6 Å². The molecule has 0 aliphatic heterocycles. The second-order valence-electron chi connectivity index (χ2n) is 0.283. The van der Waals surface area contributed by atoms with Gasteiger partial charge in [-0.1, -0.05) is 0 Å². The van der Waals surface area contributed by atoms with Crippen molar-refractivity contribution < 1.29 is 36.7 Å². The van der Waals surface area contributed by atoms with Gasteiger partial charge in [0, 0.05) is 21.7 Å². The number of rotatable bonds is 0. The normalized spacial score (nSPS) is 3.43. The van der Waals surface area contributed by atoms with Gasteiger partial charge in [0.2, 0.25) is 0 Å². The Morgan fingerprint density at radius 3 is 1.29 bits per heavy atom. The van der Waals surface area contributed by atoms with E-state index in [1.54, 1.807) is 0 Å². The average Bonchev–Trinajstić information content (AvgIpc) is 0.811. The Kier molecular flexibility index (Phi) is 54.5. The summed E-state index contributed by atoms with van der Waals surface area (Å²) in [5.74, 6) is 0. The molecule has 7 heavy (non-hydrogen) atoms. The monoisotopic (exact) mass is 148 g/mol. The Bertz CT molecular complexity index is 37.9. The van der Waals surface area contributed by atoms with Crippen LogP contribution in [0.4, 0.5) is 4.79 Å². The molecule has 0 rings (SSSR count). The molecular formula is CH6AlLiO3Ti. The molecule has 0 aromatic rings. The van der Waals surface area contributed by atoms with Gasteiger partial charge in [-0.05, 0) is 0 Å².